The molecule has 2 aromatic rings. The van der Waals surface area contributed by atoms with E-state index in [4.69, 9.17) is 11.0 Å². The van der Waals surface area contributed by atoms with Gasteiger partial charge in [-0.25, -0.2) is 9.97 Å². The molecule has 3 rings (SSSR count). The second kappa shape index (κ2) is 5.80. The molecule has 0 radical (unpaired) electrons. The lowest BCUT2D eigenvalue weighted by atomic mass is 10.2. The molecule has 1 heterocycles. The standard InChI is InChI=1S/C16H17N5/c17-9-4-10-21(13-5-2-1-3-6-13)15-11-14(18)19-16(20-15)12-7-8-12/h1-3,5-6,11-12H,4,7-8,10H2,(H2,18,19,20). The van der Waals surface area contributed by atoms with Crippen molar-refractivity contribution in [3.63, 3.8) is 0 Å². The van der Waals surface area contributed by atoms with Gasteiger partial charge in [-0.3, -0.25) is 0 Å². The Labute approximate surface area is 124 Å². The van der Waals surface area contributed by atoms with E-state index >= 15 is 0 Å². The third-order valence-corrected chi connectivity index (χ3v) is 3.48. The summed E-state index contributed by atoms with van der Waals surface area (Å²) in [6, 6.07) is 13.9. The first kappa shape index (κ1) is 13.4. The lowest BCUT2D eigenvalue weighted by molar-refractivity contribution is 0.878. The number of nitrogen functional groups attached to an aromatic ring is 1. The summed E-state index contributed by atoms with van der Waals surface area (Å²) in [5.41, 5.74) is 6.93. The van der Waals surface area contributed by atoms with Crippen molar-refractivity contribution < 1.29 is 0 Å². The molecule has 0 bridgehead atoms. The van der Waals surface area contributed by atoms with Crippen LogP contribution in [-0.4, -0.2) is 16.5 Å². The largest absolute Gasteiger partial charge is 0.384 e. The topological polar surface area (TPSA) is 78.8 Å². The van der Waals surface area contributed by atoms with E-state index in [0.717, 1.165) is 30.2 Å². The Balaban J connectivity index is 1.97. The molecule has 2 N–H and O–H groups in total. The van der Waals surface area contributed by atoms with Gasteiger partial charge in [-0.1, -0.05) is 18.2 Å². The van der Waals surface area contributed by atoms with E-state index in [-0.39, 0.29) is 0 Å². The zero-order valence-corrected chi connectivity index (χ0v) is 11.7. The predicted octanol–water partition coefficient (Wildman–Crippen LogP) is 2.99. The van der Waals surface area contributed by atoms with Crippen molar-refractivity contribution in [3.8, 4) is 6.07 Å². The minimum atomic E-state index is 0.428. The van der Waals surface area contributed by atoms with Gasteiger partial charge in [-0.2, -0.15) is 5.26 Å². The summed E-state index contributed by atoms with van der Waals surface area (Å²) < 4.78 is 0. The summed E-state index contributed by atoms with van der Waals surface area (Å²) in [6.45, 7) is 0.584. The predicted molar refractivity (Wildman–Crippen MR) is 82.1 cm³/mol. The van der Waals surface area contributed by atoms with E-state index in [1.807, 2.05) is 35.2 Å². The second-order valence-electron chi connectivity index (χ2n) is 5.18. The van der Waals surface area contributed by atoms with E-state index in [0.29, 0.717) is 24.7 Å². The van der Waals surface area contributed by atoms with E-state index in [1.54, 1.807) is 6.07 Å². The molecule has 1 saturated carbocycles. The van der Waals surface area contributed by atoms with Crippen LogP contribution in [0.25, 0.3) is 0 Å². The highest BCUT2D eigenvalue weighted by Gasteiger charge is 2.27. The fourth-order valence-corrected chi connectivity index (χ4v) is 2.28. The van der Waals surface area contributed by atoms with Crippen LogP contribution in [0.4, 0.5) is 17.3 Å². The molecule has 0 unspecified atom stereocenters. The molecule has 0 spiro atoms. The lowest BCUT2D eigenvalue weighted by Crippen LogP contribution is -2.20. The smallest absolute Gasteiger partial charge is 0.138 e. The van der Waals surface area contributed by atoms with Crippen molar-refractivity contribution in [3.05, 3.63) is 42.2 Å². The van der Waals surface area contributed by atoms with Crippen LogP contribution in [-0.2, 0) is 0 Å². The van der Waals surface area contributed by atoms with Crippen LogP contribution in [0.2, 0.25) is 0 Å². The van der Waals surface area contributed by atoms with Crippen molar-refractivity contribution in [1.82, 2.24) is 9.97 Å². The van der Waals surface area contributed by atoms with Crippen LogP contribution in [0.5, 0.6) is 0 Å². The first-order valence-electron chi connectivity index (χ1n) is 7.12. The molecule has 1 aliphatic carbocycles. The van der Waals surface area contributed by atoms with Gasteiger partial charge in [0.15, 0.2) is 0 Å². The van der Waals surface area contributed by atoms with Crippen molar-refractivity contribution in [2.45, 2.75) is 25.2 Å². The average Bonchev–Trinajstić information content (AvgIpc) is 3.33. The van der Waals surface area contributed by atoms with Crippen LogP contribution in [0, 0.1) is 11.3 Å². The van der Waals surface area contributed by atoms with Gasteiger partial charge < -0.3 is 10.6 Å². The third-order valence-electron chi connectivity index (χ3n) is 3.48. The average molecular weight is 279 g/mol. The number of hydrogen-bond donors (Lipinski definition) is 1. The molecule has 1 aromatic carbocycles. The third kappa shape index (κ3) is 3.11. The van der Waals surface area contributed by atoms with Gasteiger partial charge in [0.25, 0.3) is 0 Å². The Bertz CT molecular complexity index is 658. The summed E-state index contributed by atoms with van der Waals surface area (Å²) in [5, 5.41) is 8.88. The normalized spacial score (nSPS) is 13.7. The van der Waals surface area contributed by atoms with Crippen LogP contribution in [0.1, 0.15) is 31.0 Å². The Kier molecular flexibility index (Phi) is 3.69. The number of rotatable bonds is 5. The fourth-order valence-electron chi connectivity index (χ4n) is 2.28. The molecule has 1 fully saturated rings. The molecular weight excluding hydrogens is 262 g/mol. The van der Waals surface area contributed by atoms with Crippen molar-refractivity contribution in [2.24, 2.45) is 0 Å². The van der Waals surface area contributed by atoms with Crippen molar-refractivity contribution in [1.29, 1.82) is 5.26 Å². The van der Waals surface area contributed by atoms with Gasteiger partial charge in [-0.05, 0) is 25.0 Å². The van der Waals surface area contributed by atoms with E-state index in [1.165, 1.54) is 0 Å². The Morgan fingerprint density at radius 3 is 2.67 bits per heavy atom. The van der Waals surface area contributed by atoms with Crippen molar-refractivity contribution in [2.75, 3.05) is 17.2 Å². The summed E-state index contributed by atoms with van der Waals surface area (Å²) in [6.07, 6.45) is 2.69. The molecule has 0 amide bonds. The van der Waals surface area contributed by atoms with E-state index in [2.05, 4.69) is 16.0 Å². The minimum Gasteiger partial charge on any atom is -0.384 e. The Morgan fingerprint density at radius 2 is 2.00 bits per heavy atom. The van der Waals surface area contributed by atoms with Crippen LogP contribution < -0.4 is 10.6 Å². The molecule has 5 nitrogen and oxygen atoms in total. The molecular formula is C16H17N5. The zero-order valence-electron chi connectivity index (χ0n) is 11.7. The number of para-hydroxylation sites is 1. The Morgan fingerprint density at radius 1 is 1.24 bits per heavy atom. The number of anilines is 3. The maximum atomic E-state index is 8.88. The summed E-state index contributed by atoms with van der Waals surface area (Å²) in [7, 11) is 0. The SMILES string of the molecule is N#CCCN(c1ccccc1)c1cc(N)nc(C2CC2)n1. The molecule has 1 aromatic heterocycles. The first-order chi connectivity index (χ1) is 10.3. The van der Waals surface area contributed by atoms with Gasteiger partial charge in [0.2, 0.25) is 0 Å². The quantitative estimate of drug-likeness (QED) is 0.910. The fraction of sp³-hybridized carbons (Fsp3) is 0.312. The molecule has 21 heavy (non-hydrogen) atoms. The molecule has 106 valence electrons. The maximum absolute atomic E-state index is 8.88. The van der Waals surface area contributed by atoms with Crippen LogP contribution >= 0.6 is 0 Å². The first-order valence-corrected chi connectivity index (χ1v) is 7.12. The number of nitriles is 1. The van der Waals surface area contributed by atoms with Gasteiger partial charge >= 0.3 is 0 Å². The van der Waals surface area contributed by atoms with E-state index < -0.39 is 0 Å². The van der Waals surface area contributed by atoms with Gasteiger partial charge in [0, 0.05) is 24.2 Å². The maximum Gasteiger partial charge on any atom is 0.138 e. The highest BCUT2D eigenvalue weighted by molar-refractivity contribution is 5.62. The molecule has 0 atom stereocenters. The molecule has 0 saturated heterocycles. The number of nitrogens with zero attached hydrogens (tertiary/aromatic N) is 4. The summed E-state index contributed by atoms with van der Waals surface area (Å²) in [4.78, 5) is 11.0. The monoisotopic (exact) mass is 279 g/mol. The summed E-state index contributed by atoms with van der Waals surface area (Å²) >= 11 is 0. The number of nitrogens with two attached hydrogens (primary N) is 1. The van der Waals surface area contributed by atoms with Crippen LogP contribution in [0.3, 0.4) is 0 Å². The van der Waals surface area contributed by atoms with Gasteiger partial charge in [0.05, 0.1) is 12.5 Å². The number of benzene rings is 1. The number of aromatic nitrogens is 2. The summed E-state index contributed by atoms with van der Waals surface area (Å²) in [5.74, 6) is 2.52. The highest BCUT2D eigenvalue weighted by atomic mass is 15.2. The minimum absolute atomic E-state index is 0.428. The van der Waals surface area contributed by atoms with Gasteiger partial charge in [-0.15, -0.1) is 0 Å². The number of hydrogen-bond acceptors (Lipinski definition) is 5. The zero-order chi connectivity index (χ0) is 14.7. The lowest BCUT2D eigenvalue weighted by Gasteiger charge is -2.23. The van der Waals surface area contributed by atoms with E-state index in [9.17, 15) is 0 Å². The molecule has 5 heteroatoms. The Hall–Kier alpha value is -2.61. The highest BCUT2D eigenvalue weighted by Crippen LogP contribution is 2.39. The van der Waals surface area contributed by atoms with Crippen LogP contribution in [0.15, 0.2) is 36.4 Å². The molecule has 1 aliphatic rings. The second-order valence-corrected chi connectivity index (χ2v) is 5.18. The molecule has 0 aliphatic heterocycles. The van der Waals surface area contributed by atoms with Crippen molar-refractivity contribution >= 4 is 17.3 Å². The van der Waals surface area contributed by atoms with Gasteiger partial charge in [0.1, 0.15) is 17.5 Å².